The summed E-state index contributed by atoms with van der Waals surface area (Å²) in [5, 5.41) is 6.57. The van der Waals surface area contributed by atoms with Gasteiger partial charge in [-0.1, -0.05) is 50.5 Å². The second-order valence-electron chi connectivity index (χ2n) is 8.75. The van der Waals surface area contributed by atoms with E-state index in [2.05, 4.69) is 34.7 Å². The number of aryl methyl sites for hydroxylation is 2. The van der Waals surface area contributed by atoms with E-state index in [0.29, 0.717) is 24.5 Å². The minimum absolute atomic E-state index is 0.188. The van der Waals surface area contributed by atoms with Crippen molar-refractivity contribution >= 4 is 34.9 Å². The number of carbonyl (C=O) groups excluding carboxylic acids is 2. The lowest BCUT2D eigenvalue weighted by Gasteiger charge is -2.11. The van der Waals surface area contributed by atoms with Crippen LogP contribution < -0.4 is 16.4 Å². The molecular weight excluding hydrogens is 440 g/mol. The number of rotatable bonds is 14. The number of hydrogen-bond donors (Lipinski definition) is 3. The molecule has 7 heteroatoms. The van der Waals surface area contributed by atoms with Crippen molar-refractivity contribution in [2.45, 2.75) is 64.9 Å². The minimum atomic E-state index is -0.423. The van der Waals surface area contributed by atoms with Crippen LogP contribution in [0, 0.1) is 0 Å². The molecule has 0 bridgehead atoms. The zero-order valence-corrected chi connectivity index (χ0v) is 20.5. The topological polar surface area (TPSA) is 106 Å². The van der Waals surface area contributed by atoms with Crippen LogP contribution in [0.25, 0.3) is 10.9 Å². The normalized spacial score (nSPS) is 10.8. The van der Waals surface area contributed by atoms with Crippen LogP contribution in [-0.4, -0.2) is 24.0 Å². The number of carbonyl (C=O) groups is 2. The fourth-order valence-corrected chi connectivity index (χ4v) is 4.07. The van der Waals surface area contributed by atoms with Crippen LogP contribution in [-0.2, 0) is 29.0 Å². The molecule has 0 radical (unpaired) electrons. The Kier molecular flexibility index (Phi) is 10.4. The Balaban J connectivity index is 1.38. The van der Waals surface area contributed by atoms with Gasteiger partial charge in [-0.15, -0.1) is 0 Å². The molecule has 2 aromatic carbocycles. The van der Waals surface area contributed by atoms with Gasteiger partial charge in [0.15, 0.2) is 0 Å². The summed E-state index contributed by atoms with van der Waals surface area (Å²) < 4.78 is 5.25. The van der Waals surface area contributed by atoms with E-state index in [9.17, 15) is 9.59 Å². The number of nitrogens with two attached hydrogens (primary N) is 1. The lowest BCUT2D eigenvalue weighted by Crippen LogP contribution is -2.25. The molecule has 0 unspecified atom stereocenters. The van der Waals surface area contributed by atoms with E-state index in [1.807, 2.05) is 24.3 Å². The number of unbranched alkanes of at least 4 members (excludes halogenated alkanes) is 4. The number of hydrogen-bond acceptors (Lipinski definition) is 5. The number of anilines is 2. The SMILES string of the molecule is CCCCCc1cc2c(CCCCCNC(=O)OCc3ccc(NC=O)cc3)cccc2nc1N. The Morgan fingerprint density at radius 3 is 2.54 bits per heavy atom. The molecule has 0 saturated heterocycles. The van der Waals surface area contributed by atoms with Crippen LogP contribution in [0.4, 0.5) is 16.3 Å². The van der Waals surface area contributed by atoms with Crippen LogP contribution in [0.3, 0.4) is 0 Å². The summed E-state index contributed by atoms with van der Waals surface area (Å²) in [6, 6.07) is 15.6. The van der Waals surface area contributed by atoms with Crippen molar-refractivity contribution in [1.29, 1.82) is 0 Å². The molecule has 4 N–H and O–H groups in total. The highest BCUT2D eigenvalue weighted by molar-refractivity contribution is 5.84. The summed E-state index contributed by atoms with van der Waals surface area (Å²) in [5.41, 5.74) is 11.2. The number of amides is 2. The van der Waals surface area contributed by atoms with Crippen molar-refractivity contribution in [2.24, 2.45) is 0 Å². The number of nitrogen functional groups attached to an aromatic ring is 1. The Bertz CT molecular complexity index is 1100. The molecule has 35 heavy (non-hydrogen) atoms. The fraction of sp³-hybridized carbons (Fsp3) is 0.393. The second kappa shape index (κ2) is 13.9. The quantitative estimate of drug-likeness (QED) is 0.203. The van der Waals surface area contributed by atoms with E-state index >= 15 is 0 Å². The number of nitrogens with one attached hydrogen (secondary N) is 2. The smallest absolute Gasteiger partial charge is 0.407 e. The van der Waals surface area contributed by atoms with E-state index in [1.165, 1.54) is 23.8 Å². The average Bonchev–Trinajstić information content (AvgIpc) is 2.86. The average molecular weight is 477 g/mol. The van der Waals surface area contributed by atoms with E-state index in [-0.39, 0.29) is 6.61 Å². The first-order valence-corrected chi connectivity index (χ1v) is 12.5. The van der Waals surface area contributed by atoms with Gasteiger partial charge in [-0.2, -0.15) is 0 Å². The van der Waals surface area contributed by atoms with Crippen molar-refractivity contribution < 1.29 is 14.3 Å². The summed E-state index contributed by atoms with van der Waals surface area (Å²) in [6.45, 7) is 2.97. The monoisotopic (exact) mass is 476 g/mol. The highest BCUT2D eigenvalue weighted by Gasteiger charge is 2.08. The highest BCUT2D eigenvalue weighted by atomic mass is 16.5. The zero-order valence-electron chi connectivity index (χ0n) is 20.5. The molecular formula is C28H36N4O3. The third kappa shape index (κ3) is 8.28. The van der Waals surface area contributed by atoms with Gasteiger partial charge in [-0.3, -0.25) is 4.79 Å². The number of ether oxygens (including phenoxy) is 1. The molecule has 1 heterocycles. The molecule has 0 atom stereocenters. The first-order chi connectivity index (χ1) is 17.1. The van der Waals surface area contributed by atoms with Gasteiger partial charge in [0.2, 0.25) is 6.41 Å². The maximum absolute atomic E-state index is 11.9. The van der Waals surface area contributed by atoms with E-state index in [4.69, 9.17) is 10.5 Å². The Morgan fingerprint density at radius 2 is 1.77 bits per heavy atom. The van der Waals surface area contributed by atoms with Crippen molar-refractivity contribution in [2.75, 3.05) is 17.6 Å². The van der Waals surface area contributed by atoms with Gasteiger partial charge in [-0.05, 0) is 73.1 Å². The van der Waals surface area contributed by atoms with Gasteiger partial charge < -0.3 is 21.1 Å². The lowest BCUT2D eigenvalue weighted by atomic mass is 9.99. The van der Waals surface area contributed by atoms with Crippen LogP contribution in [0.1, 0.15) is 62.1 Å². The molecule has 0 fully saturated rings. The summed E-state index contributed by atoms with van der Waals surface area (Å²) in [7, 11) is 0. The number of aromatic nitrogens is 1. The second-order valence-corrected chi connectivity index (χ2v) is 8.75. The predicted molar refractivity (Wildman–Crippen MR) is 141 cm³/mol. The molecule has 0 aliphatic heterocycles. The van der Waals surface area contributed by atoms with Crippen LogP contribution in [0.15, 0.2) is 48.5 Å². The maximum Gasteiger partial charge on any atom is 0.407 e. The van der Waals surface area contributed by atoms with Crippen molar-refractivity contribution in [1.82, 2.24) is 10.3 Å². The highest BCUT2D eigenvalue weighted by Crippen LogP contribution is 2.24. The number of alkyl carbamates (subject to hydrolysis) is 1. The Labute approximate surface area is 207 Å². The summed E-state index contributed by atoms with van der Waals surface area (Å²) in [5.74, 6) is 0.649. The molecule has 2 amide bonds. The first kappa shape index (κ1) is 26.0. The first-order valence-electron chi connectivity index (χ1n) is 12.5. The largest absolute Gasteiger partial charge is 0.445 e. The van der Waals surface area contributed by atoms with Gasteiger partial charge in [-0.25, -0.2) is 9.78 Å². The van der Waals surface area contributed by atoms with Crippen molar-refractivity contribution in [3.63, 3.8) is 0 Å². The molecule has 0 aliphatic carbocycles. The van der Waals surface area contributed by atoms with Crippen LogP contribution in [0.5, 0.6) is 0 Å². The third-order valence-electron chi connectivity index (χ3n) is 6.05. The zero-order chi connectivity index (χ0) is 24.9. The van der Waals surface area contributed by atoms with E-state index in [1.54, 1.807) is 12.1 Å². The Hall–Kier alpha value is -3.61. The number of benzene rings is 2. The van der Waals surface area contributed by atoms with Crippen molar-refractivity contribution in [3.8, 4) is 0 Å². The van der Waals surface area contributed by atoms with Gasteiger partial charge in [0, 0.05) is 17.6 Å². The van der Waals surface area contributed by atoms with Crippen LogP contribution >= 0.6 is 0 Å². The minimum Gasteiger partial charge on any atom is -0.445 e. The van der Waals surface area contributed by atoms with Gasteiger partial charge in [0.05, 0.1) is 5.52 Å². The van der Waals surface area contributed by atoms with Crippen molar-refractivity contribution in [3.05, 3.63) is 65.2 Å². The van der Waals surface area contributed by atoms with Gasteiger partial charge in [0.25, 0.3) is 0 Å². The summed E-state index contributed by atoms with van der Waals surface area (Å²) in [4.78, 5) is 27.0. The van der Waals surface area contributed by atoms with E-state index in [0.717, 1.165) is 55.2 Å². The molecule has 3 aromatic rings. The predicted octanol–water partition coefficient (Wildman–Crippen LogP) is 5.76. The summed E-state index contributed by atoms with van der Waals surface area (Å²) in [6.07, 6.45) is 8.60. The molecule has 186 valence electrons. The molecule has 3 rings (SSSR count). The van der Waals surface area contributed by atoms with Crippen LogP contribution in [0.2, 0.25) is 0 Å². The third-order valence-corrected chi connectivity index (χ3v) is 6.05. The molecule has 7 nitrogen and oxygen atoms in total. The standard InChI is InChI=1S/C28H36N4O3/c1-2-3-5-10-23-18-25-22(11-8-12-26(25)32-27(23)29)9-6-4-7-17-30-28(34)35-19-21-13-15-24(16-14-21)31-20-33/h8,11-16,18,20H,2-7,9-10,17,19H2,1H3,(H2,29,32)(H,30,34)(H,31,33). The number of pyridine rings is 1. The lowest BCUT2D eigenvalue weighted by molar-refractivity contribution is -0.105. The fourth-order valence-electron chi connectivity index (χ4n) is 4.07. The molecule has 1 aromatic heterocycles. The van der Waals surface area contributed by atoms with E-state index < -0.39 is 6.09 Å². The molecule has 0 saturated carbocycles. The number of nitrogens with zero attached hydrogens (tertiary/aromatic N) is 1. The maximum atomic E-state index is 11.9. The van der Waals surface area contributed by atoms with Gasteiger partial charge in [0.1, 0.15) is 12.4 Å². The van der Waals surface area contributed by atoms with Gasteiger partial charge >= 0.3 is 6.09 Å². The Morgan fingerprint density at radius 1 is 1.00 bits per heavy atom. The number of fused-ring (bicyclic) bond motifs is 1. The molecule has 0 spiro atoms. The molecule has 0 aliphatic rings. The summed E-state index contributed by atoms with van der Waals surface area (Å²) >= 11 is 0.